The zero-order valence-corrected chi connectivity index (χ0v) is 21.4. The molecule has 0 aromatic heterocycles. The molecular weight excluding hydrogens is 523 g/mol. The number of hydrogen-bond donors (Lipinski definition) is 2. The van der Waals surface area contributed by atoms with Gasteiger partial charge in [-0.2, -0.15) is 11.8 Å². The minimum absolute atomic E-state index is 0. The standard InChI is InChI=1S/C19H32N4O3S2.HI/c1-4-20-19(21-8-7-17-15-16(2)5-6-18(17)26-3)22-9-14-28(24,25)23-10-12-27-13-11-23;/h5-6,15H,4,7-14H2,1-3H3,(H2,20,21,22);1H. The Bertz CT molecular complexity index is 754. The molecule has 1 aromatic rings. The summed E-state index contributed by atoms with van der Waals surface area (Å²) in [4.78, 5) is 4.44. The van der Waals surface area contributed by atoms with Gasteiger partial charge in [0.05, 0.1) is 19.4 Å². The number of nitrogens with zero attached hydrogens (tertiary/aromatic N) is 2. The van der Waals surface area contributed by atoms with E-state index in [4.69, 9.17) is 4.74 Å². The van der Waals surface area contributed by atoms with Crippen LogP contribution in [0, 0.1) is 6.92 Å². The van der Waals surface area contributed by atoms with Gasteiger partial charge in [0.25, 0.3) is 0 Å². The number of halogens is 1. The number of benzene rings is 1. The second kappa shape index (κ2) is 13.6. The Morgan fingerprint density at radius 2 is 2.00 bits per heavy atom. The lowest BCUT2D eigenvalue weighted by molar-refractivity contribution is 0.409. The molecule has 29 heavy (non-hydrogen) atoms. The van der Waals surface area contributed by atoms with Gasteiger partial charge in [-0.15, -0.1) is 24.0 Å². The van der Waals surface area contributed by atoms with Crippen molar-refractivity contribution in [3.8, 4) is 5.75 Å². The summed E-state index contributed by atoms with van der Waals surface area (Å²) in [5, 5.41) is 6.45. The van der Waals surface area contributed by atoms with Crippen LogP contribution in [0.2, 0.25) is 0 Å². The predicted molar refractivity (Wildman–Crippen MR) is 134 cm³/mol. The number of rotatable bonds is 9. The van der Waals surface area contributed by atoms with Crippen LogP contribution in [0.4, 0.5) is 0 Å². The Balaban J connectivity index is 0.00000420. The van der Waals surface area contributed by atoms with Crippen LogP contribution in [0.25, 0.3) is 0 Å². The van der Waals surface area contributed by atoms with Crippen molar-refractivity contribution in [1.29, 1.82) is 0 Å². The van der Waals surface area contributed by atoms with Gasteiger partial charge in [-0.05, 0) is 31.9 Å². The van der Waals surface area contributed by atoms with E-state index in [0.717, 1.165) is 35.8 Å². The van der Waals surface area contributed by atoms with E-state index in [1.807, 2.05) is 19.1 Å². The van der Waals surface area contributed by atoms with E-state index < -0.39 is 10.0 Å². The number of aliphatic imine (C=N–C) groups is 1. The average molecular weight is 557 g/mol. The second-order valence-electron chi connectivity index (χ2n) is 6.58. The van der Waals surface area contributed by atoms with Crippen molar-refractivity contribution in [2.75, 3.05) is 57.1 Å². The first-order chi connectivity index (χ1) is 13.5. The van der Waals surface area contributed by atoms with Crippen molar-refractivity contribution in [3.63, 3.8) is 0 Å². The molecule has 2 rings (SSSR count). The van der Waals surface area contributed by atoms with Crippen molar-refractivity contribution in [2.45, 2.75) is 20.3 Å². The molecule has 0 radical (unpaired) electrons. The van der Waals surface area contributed by atoms with Crippen LogP contribution in [0.1, 0.15) is 18.1 Å². The molecule has 10 heteroatoms. The third-order valence-electron chi connectivity index (χ3n) is 4.45. The molecule has 1 saturated heterocycles. The third kappa shape index (κ3) is 8.89. The maximum absolute atomic E-state index is 12.4. The number of hydrogen-bond acceptors (Lipinski definition) is 5. The van der Waals surface area contributed by atoms with Crippen LogP contribution in [0.5, 0.6) is 5.75 Å². The predicted octanol–water partition coefficient (Wildman–Crippen LogP) is 2.10. The first kappa shape index (κ1) is 26.3. The summed E-state index contributed by atoms with van der Waals surface area (Å²) in [5.41, 5.74) is 2.33. The van der Waals surface area contributed by atoms with Gasteiger partial charge in [-0.3, -0.25) is 4.99 Å². The Morgan fingerprint density at radius 1 is 1.28 bits per heavy atom. The highest BCUT2D eigenvalue weighted by atomic mass is 127. The van der Waals surface area contributed by atoms with Crippen molar-refractivity contribution in [3.05, 3.63) is 29.3 Å². The van der Waals surface area contributed by atoms with Crippen LogP contribution in [0.15, 0.2) is 23.2 Å². The molecular formula is C19H33IN4O3S2. The summed E-state index contributed by atoms with van der Waals surface area (Å²) in [6.45, 7) is 6.90. The number of thioether (sulfide) groups is 1. The summed E-state index contributed by atoms with van der Waals surface area (Å²) >= 11 is 1.80. The highest BCUT2D eigenvalue weighted by Crippen LogP contribution is 2.19. The molecule has 166 valence electrons. The summed E-state index contributed by atoms with van der Waals surface area (Å²) in [7, 11) is -1.56. The van der Waals surface area contributed by atoms with Gasteiger partial charge in [0.15, 0.2) is 5.96 Å². The van der Waals surface area contributed by atoms with E-state index >= 15 is 0 Å². The van der Waals surface area contributed by atoms with Gasteiger partial charge >= 0.3 is 0 Å². The maximum atomic E-state index is 12.4. The quantitative estimate of drug-likeness (QED) is 0.276. The lowest BCUT2D eigenvalue weighted by Crippen LogP contribution is -2.41. The van der Waals surface area contributed by atoms with Crippen molar-refractivity contribution < 1.29 is 13.2 Å². The first-order valence-electron chi connectivity index (χ1n) is 9.67. The van der Waals surface area contributed by atoms with Crippen molar-refractivity contribution >= 4 is 51.7 Å². The molecule has 0 saturated carbocycles. The summed E-state index contributed by atoms with van der Waals surface area (Å²) in [5.74, 6) is 3.29. The number of ether oxygens (including phenoxy) is 1. The molecule has 2 N–H and O–H groups in total. The number of sulfonamides is 1. The fourth-order valence-electron chi connectivity index (χ4n) is 2.99. The van der Waals surface area contributed by atoms with Crippen LogP contribution < -0.4 is 15.4 Å². The van der Waals surface area contributed by atoms with Gasteiger partial charge in [0, 0.05) is 37.7 Å². The molecule has 0 aliphatic carbocycles. The molecule has 7 nitrogen and oxygen atoms in total. The Hall–Kier alpha value is -0.720. The molecule has 1 aliphatic rings. The molecule has 0 spiro atoms. The van der Waals surface area contributed by atoms with E-state index in [2.05, 4.69) is 28.6 Å². The molecule has 1 fully saturated rings. The fraction of sp³-hybridized carbons (Fsp3) is 0.632. The summed E-state index contributed by atoms with van der Waals surface area (Å²) in [6, 6.07) is 6.13. The largest absolute Gasteiger partial charge is 0.496 e. The maximum Gasteiger partial charge on any atom is 0.215 e. The van der Waals surface area contributed by atoms with Gasteiger partial charge in [0.2, 0.25) is 10.0 Å². The minimum Gasteiger partial charge on any atom is -0.496 e. The fourth-order valence-corrected chi connectivity index (χ4v) is 5.44. The number of methoxy groups -OCH3 is 1. The summed E-state index contributed by atoms with van der Waals surface area (Å²) < 4.78 is 31.8. The number of guanidine groups is 1. The van der Waals surface area contributed by atoms with Crippen LogP contribution in [-0.4, -0.2) is 75.8 Å². The van der Waals surface area contributed by atoms with E-state index in [1.54, 1.807) is 23.2 Å². The zero-order valence-electron chi connectivity index (χ0n) is 17.4. The molecule has 1 heterocycles. The monoisotopic (exact) mass is 556 g/mol. The normalized spacial score (nSPS) is 15.5. The van der Waals surface area contributed by atoms with E-state index in [1.165, 1.54) is 5.56 Å². The molecule has 0 unspecified atom stereocenters. The van der Waals surface area contributed by atoms with Gasteiger partial charge in [0.1, 0.15) is 5.75 Å². The highest BCUT2D eigenvalue weighted by molar-refractivity contribution is 14.0. The highest BCUT2D eigenvalue weighted by Gasteiger charge is 2.23. The molecule has 0 atom stereocenters. The number of aryl methyl sites for hydroxylation is 1. The Kier molecular flexibility index (Phi) is 12.3. The number of nitrogens with one attached hydrogen (secondary N) is 2. The lowest BCUT2D eigenvalue weighted by atomic mass is 10.1. The average Bonchev–Trinajstić information content (AvgIpc) is 2.69. The van der Waals surface area contributed by atoms with Crippen molar-refractivity contribution in [1.82, 2.24) is 14.9 Å². The molecule has 0 bridgehead atoms. The molecule has 1 aromatic carbocycles. The molecule has 1 aliphatic heterocycles. The Labute approximate surface area is 196 Å². The third-order valence-corrected chi connectivity index (χ3v) is 7.24. The zero-order chi connectivity index (χ0) is 20.4. The lowest BCUT2D eigenvalue weighted by Gasteiger charge is -2.25. The van der Waals surface area contributed by atoms with Crippen LogP contribution in [0.3, 0.4) is 0 Å². The van der Waals surface area contributed by atoms with Gasteiger partial charge in [-0.1, -0.05) is 17.7 Å². The van der Waals surface area contributed by atoms with Gasteiger partial charge < -0.3 is 15.4 Å². The smallest absolute Gasteiger partial charge is 0.215 e. The second-order valence-corrected chi connectivity index (χ2v) is 9.89. The molecule has 0 amide bonds. The SMILES string of the molecule is CCNC(=NCCS(=O)(=O)N1CCSCC1)NCCc1cc(C)ccc1OC.I. The van der Waals surface area contributed by atoms with Crippen molar-refractivity contribution in [2.24, 2.45) is 4.99 Å². The van der Waals surface area contributed by atoms with Crippen LogP contribution >= 0.6 is 35.7 Å². The van der Waals surface area contributed by atoms with E-state index in [-0.39, 0.29) is 36.3 Å². The van der Waals surface area contributed by atoms with E-state index in [0.29, 0.717) is 25.6 Å². The topological polar surface area (TPSA) is 83.0 Å². The Morgan fingerprint density at radius 3 is 2.66 bits per heavy atom. The first-order valence-corrected chi connectivity index (χ1v) is 12.4. The van der Waals surface area contributed by atoms with E-state index in [9.17, 15) is 8.42 Å². The summed E-state index contributed by atoms with van der Waals surface area (Å²) in [6.07, 6.45) is 0.791. The van der Waals surface area contributed by atoms with Crippen LogP contribution in [-0.2, 0) is 16.4 Å². The minimum atomic E-state index is -3.23. The van der Waals surface area contributed by atoms with Gasteiger partial charge in [-0.25, -0.2) is 12.7 Å².